The Kier molecular flexibility index (Phi) is 4.10. The maximum absolute atomic E-state index is 12.2. The number of hydrogen-bond donors (Lipinski definition) is 1. The fourth-order valence-electron chi connectivity index (χ4n) is 2.27. The Morgan fingerprint density at radius 3 is 2.62 bits per heavy atom. The molecule has 0 aliphatic rings. The van der Waals surface area contributed by atoms with E-state index in [2.05, 4.69) is 9.97 Å². The van der Waals surface area contributed by atoms with Crippen molar-refractivity contribution in [1.82, 2.24) is 9.97 Å². The normalized spacial score (nSPS) is 11.7. The summed E-state index contributed by atoms with van der Waals surface area (Å²) in [5.74, 6) is 0.753. The van der Waals surface area contributed by atoms with Crippen molar-refractivity contribution in [2.24, 2.45) is 5.41 Å². The molecule has 4 nitrogen and oxygen atoms in total. The zero-order valence-corrected chi connectivity index (χ0v) is 14.9. The van der Waals surface area contributed by atoms with Crippen LogP contribution < -0.4 is 4.74 Å². The first-order valence-corrected chi connectivity index (χ1v) is 8.10. The number of carbonyl (C=O) groups is 1. The van der Waals surface area contributed by atoms with Gasteiger partial charge in [0.05, 0.1) is 22.0 Å². The summed E-state index contributed by atoms with van der Waals surface area (Å²) in [5, 5.41) is 0.553. The lowest BCUT2D eigenvalue weighted by Gasteiger charge is -2.17. The van der Waals surface area contributed by atoms with E-state index in [1.807, 2.05) is 45.9 Å². The molecule has 0 amide bonds. The average Bonchev–Trinajstić information content (AvgIpc) is 2.90. The van der Waals surface area contributed by atoms with Crippen LogP contribution in [0.5, 0.6) is 5.75 Å². The van der Waals surface area contributed by atoms with Crippen LogP contribution in [0.3, 0.4) is 0 Å². The number of nitrogens with zero attached hydrogens (tertiary/aromatic N) is 1. The lowest BCUT2D eigenvalue weighted by atomic mass is 9.97. The third-order valence-corrected chi connectivity index (χ3v) is 3.89. The molecule has 24 heavy (non-hydrogen) atoms. The average molecular weight is 343 g/mol. The minimum absolute atomic E-state index is 0.307. The van der Waals surface area contributed by atoms with Crippen molar-refractivity contribution in [2.75, 3.05) is 0 Å². The highest BCUT2D eigenvalue weighted by molar-refractivity contribution is 6.31. The van der Waals surface area contributed by atoms with Gasteiger partial charge in [-0.05, 0) is 63.6 Å². The lowest BCUT2D eigenvalue weighted by molar-refractivity contribution is -0.142. The molecular formula is C19H19ClN2O2. The van der Waals surface area contributed by atoms with Gasteiger partial charge in [-0.1, -0.05) is 17.7 Å². The summed E-state index contributed by atoms with van der Waals surface area (Å²) in [6.07, 6.45) is 0. The third kappa shape index (κ3) is 3.29. The number of aryl methyl sites for hydroxylation is 1. The predicted octanol–water partition coefficient (Wildman–Crippen LogP) is 5.14. The van der Waals surface area contributed by atoms with E-state index in [1.54, 1.807) is 18.2 Å². The minimum Gasteiger partial charge on any atom is -0.425 e. The van der Waals surface area contributed by atoms with E-state index in [0.29, 0.717) is 22.2 Å². The van der Waals surface area contributed by atoms with Gasteiger partial charge in [-0.3, -0.25) is 4.79 Å². The van der Waals surface area contributed by atoms with Gasteiger partial charge in [0.15, 0.2) is 0 Å². The number of aromatic nitrogens is 2. The first kappa shape index (κ1) is 16.5. The summed E-state index contributed by atoms with van der Waals surface area (Å²) < 4.78 is 5.58. The number of fused-ring (bicyclic) bond motifs is 1. The second kappa shape index (κ2) is 5.95. The van der Waals surface area contributed by atoms with Gasteiger partial charge in [-0.25, -0.2) is 4.98 Å². The molecule has 1 N–H and O–H groups in total. The van der Waals surface area contributed by atoms with E-state index in [9.17, 15) is 4.79 Å². The Hall–Kier alpha value is -2.33. The standard InChI is InChI=1S/C19H19ClN2O2/c1-11-5-7-14-15(9-11)22-17(21-14)13-10-12(20)6-8-16(13)24-18(23)19(2,3)4/h5-10H,1-4H3,(H,21,22). The van der Waals surface area contributed by atoms with Crippen LogP contribution in [0.25, 0.3) is 22.4 Å². The van der Waals surface area contributed by atoms with Gasteiger partial charge < -0.3 is 9.72 Å². The molecule has 3 rings (SSSR count). The van der Waals surface area contributed by atoms with E-state index >= 15 is 0 Å². The Morgan fingerprint density at radius 2 is 1.92 bits per heavy atom. The molecule has 0 unspecified atom stereocenters. The van der Waals surface area contributed by atoms with Crippen LogP contribution >= 0.6 is 11.6 Å². The summed E-state index contributed by atoms with van der Waals surface area (Å²) in [6.45, 7) is 7.46. The Labute approximate surface area is 145 Å². The van der Waals surface area contributed by atoms with Crippen molar-refractivity contribution in [3.63, 3.8) is 0 Å². The number of imidazole rings is 1. The fourth-order valence-corrected chi connectivity index (χ4v) is 2.44. The maximum atomic E-state index is 12.2. The topological polar surface area (TPSA) is 55.0 Å². The van der Waals surface area contributed by atoms with Crippen molar-refractivity contribution in [3.05, 3.63) is 47.0 Å². The monoisotopic (exact) mass is 342 g/mol. The summed E-state index contributed by atoms with van der Waals surface area (Å²) in [6, 6.07) is 11.1. The number of rotatable bonds is 2. The van der Waals surface area contributed by atoms with Crippen molar-refractivity contribution in [3.8, 4) is 17.1 Å². The lowest BCUT2D eigenvalue weighted by Crippen LogP contribution is -2.25. The Bertz CT molecular complexity index is 923. The predicted molar refractivity (Wildman–Crippen MR) is 96.4 cm³/mol. The molecule has 0 bridgehead atoms. The molecule has 1 heterocycles. The number of aromatic amines is 1. The zero-order valence-electron chi connectivity index (χ0n) is 14.1. The van der Waals surface area contributed by atoms with Crippen molar-refractivity contribution in [2.45, 2.75) is 27.7 Å². The molecule has 0 aliphatic heterocycles. The number of halogens is 1. The van der Waals surface area contributed by atoms with Gasteiger partial charge >= 0.3 is 5.97 Å². The molecule has 1 aromatic heterocycles. The van der Waals surface area contributed by atoms with E-state index in [0.717, 1.165) is 16.6 Å². The largest absolute Gasteiger partial charge is 0.425 e. The van der Waals surface area contributed by atoms with Crippen LogP contribution in [0.1, 0.15) is 26.3 Å². The number of benzene rings is 2. The van der Waals surface area contributed by atoms with Gasteiger partial charge in [0, 0.05) is 5.02 Å². The van der Waals surface area contributed by atoms with Crippen LogP contribution in [-0.2, 0) is 4.79 Å². The van der Waals surface area contributed by atoms with E-state index in [1.165, 1.54) is 0 Å². The minimum atomic E-state index is -0.595. The molecule has 124 valence electrons. The highest BCUT2D eigenvalue weighted by atomic mass is 35.5. The second-order valence-corrected chi connectivity index (χ2v) is 7.32. The molecule has 5 heteroatoms. The van der Waals surface area contributed by atoms with Gasteiger partial charge in [0.2, 0.25) is 0 Å². The van der Waals surface area contributed by atoms with Crippen LogP contribution in [0, 0.1) is 12.3 Å². The molecule has 0 spiro atoms. The highest BCUT2D eigenvalue weighted by Crippen LogP contribution is 2.33. The molecule has 0 atom stereocenters. The number of ether oxygens (including phenoxy) is 1. The maximum Gasteiger partial charge on any atom is 0.316 e. The number of hydrogen-bond acceptors (Lipinski definition) is 3. The van der Waals surface area contributed by atoms with Crippen LogP contribution in [0.15, 0.2) is 36.4 Å². The number of esters is 1. The van der Waals surface area contributed by atoms with E-state index < -0.39 is 5.41 Å². The highest BCUT2D eigenvalue weighted by Gasteiger charge is 2.25. The number of H-pyrrole nitrogens is 1. The van der Waals surface area contributed by atoms with Crippen LogP contribution in [0.2, 0.25) is 5.02 Å². The molecule has 0 aliphatic carbocycles. The Morgan fingerprint density at radius 1 is 1.17 bits per heavy atom. The van der Waals surface area contributed by atoms with Crippen molar-refractivity contribution >= 4 is 28.6 Å². The van der Waals surface area contributed by atoms with Gasteiger partial charge in [0.1, 0.15) is 11.6 Å². The van der Waals surface area contributed by atoms with Crippen molar-refractivity contribution < 1.29 is 9.53 Å². The quantitative estimate of drug-likeness (QED) is 0.518. The summed E-state index contributed by atoms with van der Waals surface area (Å²) in [5.41, 5.74) is 2.98. The zero-order chi connectivity index (χ0) is 17.5. The summed E-state index contributed by atoms with van der Waals surface area (Å²) >= 11 is 6.13. The third-order valence-electron chi connectivity index (χ3n) is 3.65. The van der Waals surface area contributed by atoms with Gasteiger partial charge in [-0.15, -0.1) is 0 Å². The molecule has 0 saturated carbocycles. The SMILES string of the molecule is Cc1ccc2[nH]c(-c3cc(Cl)ccc3OC(=O)C(C)(C)C)nc2c1. The molecule has 0 radical (unpaired) electrons. The number of carbonyl (C=O) groups excluding carboxylic acids is 1. The molecule has 2 aromatic carbocycles. The second-order valence-electron chi connectivity index (χ2n) is 6.89. The summed E-state index contributed by atoms with van der Waals surface area (Å²) in [4.78, 5) is 20.1. The first-order chi connectivity index (χ1) is 11.2. The fraction of sp³-hybridized carbons (Fsp3) is 0.263. The first-order valence-electron chi connectivity index (χ1n) is 7.72. The van der Waals surface area contributed by atoms with Gasteiger partial charge in [0.25, 0.3) is 0 Å². The van der Waals surface area contributed by atoms with E-state index in [-0.39, 0.29) is 5.97 Å². The summed E-state index contributed by atoms with van der Waals surface area (Å²) in [7, 11) is 0. The number of nitrogens with one attached hydrogen (secondary N) is 1. The van der Waals surface area contributed by atoms with E-state index in [4.69, 9.17) is 16.3 Å². The Balaban J connectivity index is 2.08. The molecule has 0 fully saturated rings. The molecular weight excluding hydrogens is 324 g/mol. The van der Waals surface area contributed by atoms with Gasteiger partial charge in [-0.2, -0.15) is 0 Å². The smallest absolute Gasteiger partial charge is 0.316 e. The van der Waals surface area contributed by atoms with Crippen LogP contribution in [0.4, 0.5) is 0 Å². The molecule has 3 aromatic rings. The van der Waals surface area contributed by atoms with Crippen molar-refractivity contribution in [1.29, 1.82) is 0 Å². The van der Waals surface area contributed by atoms with Crippen LogP contribution in [-0.4, -0.2) is 15.9 Å². The molecule has 0 saturated heterocycles.